The van der Waals surface area contributed by atoms with Crippen molar-refractivity contribution >= 4 is 38.8 Å². The third-order valence-electron chi connectivity index (χ3n) is 2.84. The average molecular weight is 334 g/mol. The largest absolute Gasteiger partial charge is 0.277 e. The standard InChI is InChI=1S/C11H10BrF2N3S/c12-9-4-8(3-7-5-15-16-10(7)9)18-17-2-1-11(13,14)6-17/h3-5H,1-2,6H2,(H,15,16). The van der Waals surface area contributed by atoms with Crippen LogP contribution in [0.1, 0.15) is 6.42 Å². The minimum atomic E-state index is -2.55. The molecule has 0 radical (unpaired) electrons. The lowest BCUT2D eigenvalue weighted by Gasteiger charge is -2.14. The molecule has 3 nitrogen and oxygen atoms in total. The van der Waals surface area contributed by atoms with Crippen molar-refractivity contribution in [3.05, 3.63) is 22.8 Å². The number of aromatic nitrogens is 2. The molecule has 7 heteroatoms. The Bertz CT molecular complexity index is 587. The first kappa shape index (κ1) is 12.4. The topological polar surface area (TPSA) is 31.9 Å². The Morgan fingerprint density at radius 1 is 1.44 bits per heavy atom. The molecule has 1 aromatic heterocycles. The van der Waals surface area contributed by atoms with Gasteiger partial charge in [0.15, 0.2) is 0 Å². The smallest absolute Gasteiger partial charge is 0.262 e. The highest BCUT2D eigenvalue weighted by Crippen LogP contribution is 2.36. The van der Waals surface area contributed by atoms with E-state index in [1.165, 1.54) is 11.9 Å². The second-order valence-electron chi connectivity index (χ2n) is 4.30. The maximum atomic E-state index is 13.1. The van der Waals surface area contributed by atoms with Crippen molar-refractivity contribution in [1.82, 2.24) is 14.5 Å². The number of alkyl halides is 2. The Labute approximate surface area is 115 Å². The lowest BCUT2D eigenvalue weighted by molar-refractivity contribution is 0.0190. The zero-order valence-corrected chi connectivity index (χ0v) is 11.7. The molecule has 1 aliphatic heterocycles. The van der Waals surface area contributed by atoms with E-state index in [0.29, 0.717) is 6.54 Å². The van der Waals surface area contributed by atoms with Crippen molar-refractivity contribution < 1.29 is 8.78 Å². The summed E-state index contributed by atoms with van der Waals surface area (Å²) in [4.78, 5) is 0.938. The van der Waals surface area contributed by atoms with Crippen molar-refractivity contribution in [2.45, 2.75) is 17.2 Å². The summed E-state index contributed by atoms with van der Waals surface area (Å²) in [6.45, 7) is 0.234. The van der Waals surface area contributed by atoms with Gasteiger partial charge in [0.05, 0.1) is 18.3 Å². The van der Waals surface area contributed by atoms with Crippen LogP contribution in [0, 0.1) is 0 Å². The van der Waals surface area contributed by atoms with Crippen LogP contribution in [0.4, 0.5) is 8.78 Å². The predicted octanol–water partition coefficient (Wildman–Crippen LogP) is 3.67. The van der Waals surface area contributed by atoms with Crippen LogP contribution in [0.2, 0.25) is 0 Å². The van der Waals surface area contributed by atoms with E-state index >= 15 is 0 Å². The molecule has 1 N–H and O–H groups in total. The average Bonchev–Trinajstić information content (AvgIpc) is 2.85. The number of nitrogens with zero attached hydrogens (tertiary/aromatic N) is 2. The molecule has 0 amide bonds. The van der Waals surface area contributed by atoms with E-state index in [1.54, 1.807) is 10.5 Å². The van der Waals surface area contributed by atoms with Gasteiger partial charge in [0.1, 0.15) is 0 Å². The minimum Gasteiger partial charge on any atom is -0.277 e. The Morgan fingerprint density at radius 3 is 3.00 bits per heavy atom. The maximum absolute atomic E-state index is 13.1. The third-order valence-corrected chi connectivity index (χ3v) is 4.49. The molecule has 0 spiro atoms. The number of hydrogen-bond acceptors (Lipinski definition) is 3. The third kappa shape index (κ3) is 2.39. The molecule has 0 aliphatic carbocycles. The Balaban J connectivity index is 1.83. The Kier molecular flexibility index (Phi) is 3.07. The van der Waals surface area contributed by atoms with Gasteiger partial charge in [-0.1, -0.05) is 0 Å². The van der Waals surface area contributed by atoms with Gasteiger partial charge in [-0.25, -0.2) is 13.1 Å². The number of rotatable bonds is 2. The molecule has 18 heavy (non-hydrogen) atoms. The molecule has 1 fully saturated rings. The van der Waals surface area contributed by atoms with Gasteiger partial charge in [-0.15, -0.1) is 0 Å². The molecular weight excluding hydrogens is 324 g/mol. The fraction of sp³-hybridized carbons (Fsp3) is 0.364. The van der Waals surface area contributed by atoms with E-state index in [1.807, 2.05) is 12.1 Å². The van der Waals surface area contributed by atoms with Crippen LogP contribution in [0.15, 0.2) is 27.7 Å². The number of aromatic amines is 1. The van der Waals surface area contributed by atoms with Crippen molar-refractivity contribution in [2.24, 2.45) is 0 Å². The van der Waals surface area contributed by atoms with Crippen LogP contribution in [-0.2, 0) is 0 Å². The van der Waals surface area contributed by atoms with E-state index in [4.69, 9.17) is 0 Å². The first-order chi connectivity index (χ1) is 8.53. The van der Waals surface area contributed by atoms with Gasteiger partial charge in [0, 0.05) is 27.7 Å². The van der Waals surface area contributed by atoms with Crippen LogP contribution in [-0.4, -0.2) is 33.5 Å². The number of fused-ring (bicyclic) bond motifs is 1. The molecule has 3 rings (SSSR count). The Morgan fingerprint density at radius 2 is 2.28 bits per heavy atom. The summed E-state index contributed by atoms with van der Waals surface area (Å²) >= 11 is 4.82. The van der Waals surface area contributed by atoms with Crippen molar-refractivity contribution in [2.75, 3.05) is 13.1 Å². The molecule has 0 atom stereocenters. The first-order valence-electron chi connectivity index (χ1n) is 5.47. The number of nitrogens with one attached hydrogen (secondary N) is 1. The summed E-state index contributed by atoms with van der Waals surface area (Å²) in [5, 5.41) is 7.81. The fourth-order valence-electron chi connectivity index (χ4n) is 1.97. The van der Waals surface area contributed by atoms with Gasteiger partial charge in [0.25, 0.3) is 5.92 Å². The molecule has 1 aliphatic rings. The summed E-state index contributed by atoms with van der Waals surface area (Å²) in [5.41, 5.74) is 0.922. The molecule has 2 heterocycles. The van der Waals surface area contributed by atoms with Crippen molar-refractivity contribution in [1.29, 1.82) is 0 Å². The number of benzene rings is 1. The lowest BCUT2D eigenvalue weighted by atomic mass is 10.3. The Hall–Kier alpha value is -0.660. The van der Waals surface area contributed by atoms with Crippen molar-refractivity contribution in [3.63, 3.8) is 0 Å². The maximum Gasteiger partial charge on any atom is 0.262 e. The highest BCUT2D eigenvalue weighted by atomic mass is 79.9. The van der Waals surface area contributed by atoms with Gasteiger partial charge in [-0.05, 0) is 40.0 Å². The van der Waals surface area contributed by atoms with E-state index in [0.717, 1.165) is 20.3 Å². The van der Waals surface area contributed by atoms with Crippen molar-refractivity contribution in [3.8, 4) is 0 Å². The van der Waals surface area contributed by atoms with Crippen LogP contribution in [0.25, 0.3) is 10.9 Å². The monoisotopic (exact) mass is 333 g/mol. The number of hydrogen-bond donors (Lipinski definition) is 1. The molecule has 1 aromatic carbocycles. The normalized spacial score (nSPS) is 19.7. The molecule has 2 aromatic rings. The van der Waals surface area contributed by atoms with Gasteiger partial charge in [-0.3, -0.25) is 5.10 Å². The summed E-state index contributed by atoms with van der Waals surface area (Å²) in [7, 11) is 0. The van der Waals surface area contributed by atoms with E-state index in [-0.39, 0.29) is 13.0 Å². The molecule has 0 bridgehead atoms. The van der Waals surface area contributed by atoms with E-state index in [9.17, 15) is 8.78 Å². The zero-order valence-electron chi connectivity index (χ0n) is 9.29. The highest BCUT2D eigenvalue weighted by Gasteiger charge is 2.38. The highest BCUT2D eigenvalue weighted by molar-refractivity contribution is 9.10. The lowest BCUT2D eigenvalue weighted by Crippen LogP contribution is -2.19. The van der Waals surface area contributed by atoms with Gasteiger partial charge < -0.3 is 0 Å². The minimum absolute atomic E-state index is 0.0604. The van der Waals surface area contributed by atoms with Gasteiger partial charge >= 0.3 is 0 Å². The number of halogens is 3. The molecule has 96 valence electrons. The van der Waals surface area contributed by atoms with E-state index < -0.39 is 5.92 Å². The summed E-state index contributed by atoms with van der Waals surface area (Å²) in [5.74, 6) is -2.55. The van der Waals surface area contributed by atoms with E-state index in [2.05, 4.69) is 26.1 Å². The van der Waals surface area contributed by atoms with Crippen LogP contribution < -0.4 is 0 Å². The zero-order chi connectivity index (χ0) is 12.8. The second kappa shape index (κ2) is 4.47. The molecule has 0 saturated carbocycles. The van der Waals surface area contributed by atoms with Gasteiger partial charge in [0.2, 0.25) is 0 Å². The fourth-order valence-corrected chi connectivity index (χ4v) is 3.77. The molecule has 1 saturated heterocycles. The molecular formula is C11H10BrF2N3S. The summed E-state index contributed by atoms with van der Waals surface area (Å²) in [6, 6.07) is 3.87. The quantitative estimate of drug-likeness (QED) is 0.851. The summed E-state index contributed by atoms with van der Waals surface area (Å²) in [6.07, 6.45) is 1.66. The van der Waals surface area contributed by atoms with Gasteiger partial charge in [-0.2, -0.15) is 5.10 Å². The molecule has 0 unspecified atom stereocenters. The summed E-state index contributed by atoms with van der Waals surface area (Å²) < 4.78 is 28.8. The number of H-pyrrole nitrogens is 1. The first-order valence-corrected chi connectivity index (χ1v) is 7.03. The van der Waals surface area contributed by atoms with Crippen LogP contribution >= 0.6 is 27.9 Å². The predicted molar refractivity (Wildman–Crippen MR) is 70.8 cm³/mol. The van der Waals surface area contributed by atoms with Crippen LogP contribution in [0.5, 0.6) is 0 Å². The second-order valence-corrected chi connectivity index (χ2v) is 6.32. The SMILES string of the molecule is FC1(F)CCN(Sc2cc(Br)c3[nH]ncc3c2)C1. The van der Waals surface area contributed by atoms with Crippen LogP contribution in [0.3, 0.4) is 0 Å².